The van der Waals surface area contributed by atoms with Crippen LogP contribution in [0.25, 0.3) is 0 Å². The Morgan fingerprint density at radius 1 is 1.07 bits per heavy atom. The quantitative estimate of drug-likeness (QED) is 0.545. The predicted octanol–water partition coefficient (Wildman–Crippen LogP) is 1.69. The zero-order valence-corrected chi connectivity index (χ0v) is 17.0. The molecule has 1 aliphatic rings. The Hall–Kier alpha value is -2.69. The van der Waals surface area contributed by atoms with Gasteiger partial charge in [-0.3, -0.25) is 14.9 Å². The van der Waals surface area contributed by atoms with Gasteiger partial charge in [0.25, 0.3) is 11.6 Å². The van der Waals surface area contributed by atoms with E-state index in [2.05, 4.69) is 0 Å². The summed E-state index contributed by atoms with van der Waals surface area (Å²) < 4.78 is 28.9. The van der Waals surface area contributed by atoms with E-state index in [-0.39, 0.29) is 36.6 Å². The lowest BCUT2D eigenvalue weighted by Crippen LogP contribution is -2.51. The molecular formula is C17H23N3O7S. The average Bonchev–Trinajstić information content (AvgIpc) is 2.58. The van der Waals surface area contributed by atoms with E-state index in [1.54, 1.807) is 20.8 Å². The zero-order valence-electron chi connectivity index (χ0n) is 16.2. The minimum Gasteiger partial charge on any atom is -0.444 e. The van der Waals surface area contributed by atoms with Crippen molar-refractivity contribution in [3.63, 3.8) is 0 Å². The summed E-state index contributed by atoms with van der Waals surface area (Å²) in [6.45, 7) is 6.16. The van der Waals surface area contributed by atoms with Crippen LogP contribution in [0, 0.1) is 10.1 Å². The van der Waals surface area contributed by atoms with Gasteiger partial charge in [0, 0.05) is 50.1 Å². The minimum atomic E-state index is -3.73. The Labute approximate surface area is 163 Å². The van der Waals surface area contributed by atoms with Crippen molar-refractivity contribution in [2.45, 2.75) is 31.3 Å². The molecule has 0 aromatic heterocycles. The molecule has 1 fully saturated rings. The van der Waals surface area contributed by atoms with Crippen LogP contribution in [-0.4, -0.2) is 73.2 Å². The molecule has 0 saturated carbocycles. The number of ether oxygens (including phenoxy) is 1. The van der Waals surface area contributed by atoms with E-state index in [1.807, 2.05) is 0 Å². The fourth-order valence-electron chi connectivity index (χ4n) is 2.63. The number of benzene rings is 1. The number of hydrogen-bond donors (Lipinski definition) is 0. The van der Waals surface area contributed by atoms with Crippen molar-refractivity contribution >= 4 is 27.5 Å². The maximum Gasteiger partial charge on any atom is 0.410 e. The first-order chi connectivity index (χ1) is 12.8. The number of nitro benzene ring substituents is 1. The van der Waals surface area contributed by atoms with Gasteiger partial charge in [0.15, 0.2) is 9.84 Å². The van der Waals surface area contributed by atoms with Crippen molar-refractivity contribution in [2.75, 3.05) is 32.4 Å². The molecule has 0 spiro atoms. The minimum absolute atomic E-state index is 0.0830. The third-order valence-corrected chi connectivity index (χ3v) is 5.09. The molecule has 2 amide bonds. The molecule has 11 heteroatoms. The highest BCUT2D eigenvalue weighted by molar-refractivity contribution is 7.90. The first-order valence-corrected chi connectivity index (χ1v) is 10.4. The average molecular weight is 413 g/mol. The van der Waals surface area contributed by atoms with Crippen molar-refractivity contribution in [1.82, 2.24) is 9.80 Å². The van der Waals surface area contributed by atoms with E-state index < -0.39 is 38.0 Å². The van der Waals surface area contributed by atoms with Gasteiger partial charge in [-0.05, 0) is 26.8 Å². The van der Waals surface area contributed by atoms with Gasteiger partial charge >= 0.3 is 6.09 Å². The van der Waals surface area contributed by atoms with E-state index in [4.69, 9.17) is 4.74 Å². The van der Waals surface area contributed by atoms with Crippen molar-refractivity contribution in [3.8, 4) is 0 Å². The normalized spacial score (nSPS) is 15.3. The summed E-state index contributed by atoms with van der Waals surface area (Å²) in [5, 5.41) is 11.1. The van der Waals surface area contributed by atoms with E-state index in [0.717, 1.165) is 24.5 Å². The van der Waals surface area contributed by atoms with Gasteiger partial charge < -0.3 is 14.5 Å². The molecule has 1 aromatic carbocycles. The topological polar surface area (TPSA) is 127 Å². The molecule has 0 radical (unpaired) electrons. The molecule has 28 heavy (non-hydrogen) atoms. The molecule has 1 saturated heterocycles. The summed E-state index contributed by atoms with van der Waals surface area (Å²) in [5.41, 5.74) is -1.19. The van der Waals surface area contributed by atoms with Gasteiger partial charge in [0.2, 0.25) is 0 Å². The van der Waals surface area contributed by atoms with Crippen LogP contribution in [0.4, 0.5) is 10.5 Å². The number of nitrogens with zero attached hydrogens (tertiary/aromatic N) is 3. The number of hydrogen-bond acceptors (Lipinski definition) is 7. The van der Waals surface area contributed by atoms with Gasteiger partial charge in [-0.2, -0.15) is 0 Å². The smallest absolute Gasteiger partial charge is 0.410 e. The number of amides is 2. The second kappa shape index (κ2) is 7.74. The highest BCUT2D eigenvalue weighted by Gasteiger charge is 2.29. The second-order valence-electron chi connectivity index (χ2n) is 7.50. The third-order valence-electron chi connectivity index (χ3n) is 4.00. The van der Waals surface area contributed by atoms with Crippen molar-refractivity contribution < 1.29 is 27.7 Å². The lowest BCUT2D eigenvalue weighted by molar-refractivity contribution is -0.385. The summed E-state index contributed by atoms with van der Waals surface area (Å²) in [4.78, 5) is 37.8. The molecule has 0 unspecified atom stereocenters. The van der Waals surface area contributed by atoms with Crippen LogP contribution in [-0.2, 0) is 14.6 Å². The SMILES string of the molecule is CC(C)(C)OC(=O)N1CCN(C(=O)c2cc([N+](=O)[O-])cc(S(C)(=O)=O)c2)CC1. The monoisotopic (exact) mass is 413 g/mol. The Kier molecular flexibility index (Phi) is 5.97. The van der Waals surface area contributed by atoms with E-state index in [9.17, 15) is 28.1 Å². The van der Waals surface area contributed by atoms with Crippen LogP contribution < -0.4 is 0 Å². The van der Waals surface area contributed by atoms with Crippen LogP contribution >= 0.6 is 0 Å². The predicted molar refractivity (Wildman–Crippen MR) is 99.9 cm³/mol. The van der Waals surface area contributed by atoms with Gasteiger partial charge in [0.05, 0.1) is 9.82 Å². The summed E-state index contributed by atoms with van der Waals surface area (Å²) in [6, 6.07) is 3.11. The molecule has 1 aromatic rings. The molecule has 1 aliphatic heterocycles. The zero-order chi connectivity index (χ0) is 21.3. The van der Waals surface area contributed by atoms with Crippen LogP contribution in [0.1, 0.15) is 31.1 Å². The molecular weight excluding hydrogens is 390 g/mol. The summed E-state index contributed by atoms with van der Waals surface area (Å²) in [5.74, 6) is -0.530. The second-order valence-corrected chi connectivity index (χ2v) is 9.52. The van der Waals surface area contributed by atoms with Crippen molar-refractivity contribution in [1.29, 1.82) is 0 Å². The number of carbonyl (C=O) groups excluding carboxylic acids is 2. The molecule has 0 N–H and O–H groups in total. The fraction of sp³-hybridized carbons (Fsp3) is 0.529. The first kappa shape index (κ1) is 21.6. The number of carbonyl (C=O) groups is 2. The third kappa shape index (κ3) is 5.41. The standard InChI is InChI=1S/C17H23N3O7S/c1-17(2,3)27-16(22)19-7-5-18(6-8-19)15(21)12-9-13(20(23)24)11-14(10-12)28(4,25)26/h9-11H,5-8H2,1-4H3. The molecule has 0 aliphatic carbocycles. The number of rotatable bonds is 3. The van der Waals surface area contributed by atoms with Crippen LogP contribution in [0.15, 0.2) is 23.1 Å². The van der Waals surface area contributed by atoms with Gasteiger partial charge in [-0.15, -0.1) is 0 Å². The van der Waals surface area contributed by atoms with Gasteiger partial charge in [-0.1, -0.05) is 0 Å². The highest BCUT2D eigenvalue weighted by Crippen LogP contribution is 2.22. The Morgan fingerprint density at radius 2 is 1.61 bits per heavy atom. The summed E-state index contributed by atoms with van der Waals surface area (Å²) in [7, 11) is -3.73. The Bertz CT molecular complexity index is 898. The van der Waals surface area contributed by atoms with E-state index in [0.29, 0.717) is 0 Å². The highest BCUT2D eigenvalue weighted by atomic mass is 32.2. The number of sulfone groups is 1. The lowest BCUT2D eigenvalue weighted by Gasteiger charge is -2.35. The van der Waals surface area contributed by atoms with Gasteiger partial charge in [0.1, 0.15) is 5.60 Å². The largest absolute Gasteiger partial charge is 0.444 e. The summed E-state index contributed by atoms with van der Waals surface area (Å²) >= 11 is 0. The first-order valence-electron chi connectivity index (χ1n) is 8.55. The van der Waals surface area contributed by atoms with Crippen LogP contribution in [0.2, 0.25) is 0 Å². The molecule has 154 valence electrons. The Morgan fingerprint density at radius 3 is 2.07 bits per heavy atom. The molecule has 10 nitrogen and oxygen atoms in total. The van der Waals surface area contributed by atoms with E-state index in [1.165, 1.54) is 9.80 Å². The molecule has 2 rings (SSSR count). The maximum atomic E-state index is 12.7. The maximum absolute atomic E-state index is 12.7. The number of nitro groups is 1. The number of piperazine rings is 1. The van der Waals surface area contributed by atoms with Crippen molar-refractivity contribution in [3.05, 3.63) is 33.9 Å². The molecule has 1 heterocycles. The molecule has 0 bridgehead atoms. The van der Waals surface area contributed by atoms with Gasteiger partial charge in [-0.25, -0.2) is 13.2 Å². The fourth-order valence-corrected chi connectivity index (χ4v) is 3.30. The van der Waals surface area contributed by atoms with Crippen LogP contribution in [0.3, 0.4) is 0 Å². The summed E-state index contributed by atoms with van der Waals surface area (Å²) in [6.07, 6.45) is 0.439. The number of non-ortho nitro benzene ring substituents is 1. The van der Waals surface area contributed by atoms with E-state index >= 15 is 0 Å². The lowest BCUT2D eigenvalue weighted by atomic mass is 10.1. The van der Waals surface area contributed by atoms with Crippen LogP contribution in [0.5, 0.6) is 0 Å². The Balaban J connectivity index is 2.16. The molecule has 0 atom stereocenters. The van der Waals surface area contributed by atoms with Crippen molar-refractivity contribution in [2.24, 2.45) is 0 Å².